The summed E-state index contributed by atoms with van der Waals surface area (Å²) >= 11 is 0. The zero-order valence-electron chi connectivity index (χ0n) is 11.1. The maximum absolute atomic E-state index is 11.6. The molecule has 0 saturated carbocycles. The van der Waals surface area contributed by atoms with Crippen LogP contribution in [0.4, 0.5) is 0 Å². The number of nitrogens with zero attached hydrogens (tertiary/aromatic N) is 1. The summed E-state index contributed by atoms with van der Waals surface area (Å²) in [5.74, 6) is 0.0829. The zero-order valence-corrected chi connectivity index (χ0v) is 11.1. The van der Waals surface area contributed by atoms with Crippen molar-refractivity contribution in [1.29, 1.82) is 0 Å². The fourth-order valence-electron chi connectivity index (χ4n) is 1.37. The van der Waals surface area contributed by atoms with Crippen LogP contribution in [0.25, 0.3) is 0 Å². The molecule has 0 saturated heterocycles. The Morgan fingerprint density at radius 3 is 2.67 bits per heavy atom. The van der Waals surface area contributed by atoms with Gasteiger partial charge in [-0.2, -0.15) is 0 Å². The number of amides is 1. The molecule has 1 amide bonds. The molecular weight excluding hydrogens is 232 g/mol. The van der Waals surface area contributed by atoms with Crippen LogP contribution < -0.4 is 10.1 Å². The van der Waals surface area contributed by atoms with E-state index in [0.29, 0.717) is 12.0 Å². The van der Waals surface area contributed by atoms with Gasteiger partial charge < -0.3 is 10.1 Å². The first-order valence-corrected chi connectivity index (χ1v) is 5.68. The number of hydrogen-bond acceptors (Lipinski definition) is 4. The van der Waals surface area contributed by atoms with Crippen molar-refractivity contribution in [2.45, 2.75) is 33.2 Å². The van der Waals surface area contributed by atoms with Gasteiger partial charge in [0.25, 0.3) is 5.91 Å². The highest BCUT2D eigenvalue weighted by molar-refractivity contribution is 5.79. The van der Waals surface area contributed by atoms with Gasteiger partial charge in [-0.25, -0.2) is 4.98 Å². The number of carbonyl (C=O) groups excluding carboxylic acids is 2. The minimum Gasteiger partial charge on any atom is -0.481 e. The lowest BCUT2D eigenvalue weighted by Crippen LogP contribution is -2.43. The van der Waals surface area contributed by atoms with Crippen molar-refractivity contribution in [2.75, 3.05) is 6.61 Å². The van der Waals surface area contributed by atoms with E-state index in [1.54, 1.807) is 19.1 Å². The average molecular weight is 250 g/mol. The Morgan fingerprint density at radius 2 is 2.11 bits per heavy atom. The highest BCUT2D eigenvalue weighted by Crippen LogP contribution is 2.14. The van der Waals surface area contributed by atoms with Gasteiger partial charge >= 0.3 is 0 Å². The van der Waals surface area contributed by atoms with Gasteiger partial charge in [-0.1, -0.05) is 0 Å². The quantitative estimate of drug-likeness (QED) is 0.822. The standard InChI is InChI=1S/C13H18N2O3/c1-9-5-6-11(10(7-16)14-9)18-8-12(17)15-13(2,3)4/h5-7H,8H2,1-4H3,(H,15,17). The molecule has 5 heteroatoms. The van der Waals surface area contributed by atoms with Crippen molar-refractivity contribution in [3.63, 3.8) is 0 Å². The summed E-state index contributed by atoms with van der Waals surface area (Å²) < 4.78 is 5.28. The molecule has 0 aliphatic heterocycles. The molecule has 0 aliphatic rings. The van der Waals surface area contributed by atoms with Gasteiger partial charge in [-0.3, -0.25) is 9.59 Å². The van der Waals surface area contributed by atoms with Gasteiger partial charge in [0.1, 0.15) is 11.4 Å². The van der Waals surface area contributed by atoms with E-state index in [2.05, 4.69) is 10.3 Å². The van der Waals surface area contributed by atoms with E-state index in [-0.39, 0.29) is 23.7 Å². The van der Waals surface area contributed by atoms with Crippen LogP contribution in [-0.4, -0.2) is 29.3 Å². The third-order valence-electron chi connectivity index (χ3n) is 2.01. The van der Waals surface area contributed by atoms with Gasteiger partial charge in [-0.15, -0.1) is 0 Å². The van der Waals surface area contributed by atoms with Crippen LogP contribution in [0.15, 0.2) is 12.1 Å². The SMILES string of the molecule is Cc1ccc(OCC(=O)NC(C)(C)C)c(C=O)n1. The summed E-state index contributed by atoms with van der Waals surface area (Å²) in [6, 6.07) is 3.36. The molecule has 1 heterocycles. The molecule has 1 aromatic heterocycles. The molecule has 1 N–H and O–H groups in total. The zero-order chi connectivity index (χ0) is 13.8. The summed E-state index contributed by atoms with van der Waals surface area (Å²) in [5.41, 5.74) is 0.626. The van der Waals surface area contributed by atoms with Crippen LogP contribution in [0.2, 0.25) is 0 Å². The van der Waals surface area contributed by atoms with Gasteiger partial charge in [0, 0.05) is 11.2 Å². The number of carbonyl (C=O) groups is 2. The number of aryl methyl sites for hydroxylation is 1. The highest BCUT2D eigenvalue weighted by Gasteiger charge is 2.14. The summed E-state index contributed by atoms with van der Waals surface area (Å²) in [4.78, 5) is 26.4. The summed E-state index contributed by atoms with van der Waals surface area (Å²) in [7, 11) is 0. The van der Waals surface area contributed by atoms with Crippen LogP contribution >= 0.6 is 0 Å². The number of aromatic nitrogens is 1. The van der Waals surface area contributed by atoms with Crippen molar-refractivity contribution in [3.8, 4) is 5.75 Å². The monoisotopic (exact) mass is 250 g/mol. The number of rotatable bonds is 4. The molecule has 98 valence electrons. The van der Waals surface area contributed by atoms with Crippen molar-refractivity contribution in [2.24, 2.45) is 0 Å². The Morgan fingerprint density at radius 1 is 1.44 bits per heavy atom. The van der Waals surface area contributed by atoms with Crippen molar-refractivity contribution >= 4 is 12.2 Å². The number of aldehydes is 1. The second-order valence-electron chi connectivity index (χ2n) is 5.04. The van der Waals surface area contributed by atoms with E-state index in [1.807, 2.05) is 20.8 Å². The van der Waals surface area contributed by atoms with Crippen LogP contribution in [0.1, 0.15) is 37.0 Å². The third-order valence-corrected chi connectivity index (χ3v) is 2.01. The van der Waals surface area contributed by atoms with Gasteiger partial charge in [-0.05, 0) is 39.8 Å². The molecule has 0 radical (unpaired) electrons. The fraction of sp³-hybridized carbons (Fsp3) is 0.462. The highest BCUT2D eigenvalue weighted by atomic mass is 16.5. The van der Waals surface area contributed by atoms with Crippen molar-refractivity contribution in [1.82, 2.24) is 10.3 Å². The number of pyridine rings is 1. The Kier molecular flexibility index (Phi) is 4.42. The molecule has 0 fully saturated rings. The molecule has 0 atom stereocenters. The maximum Gasteiger partial charge on any atom is 0.258 e. The van der Waals surface area contributed by atoms with E-state index in [0.717, 1.165) is 5.69 Å². The molecular formula is C13H18N2O3. The second-order valence-corrected chi connectivity index (χ2v) is 5.04. The fourth-order valence-corrected chi connectivity index (χ4v) is 1.37. The van der Waals surface area contributed by atoms with Gasteiger partial charge in [0.2, 0.25) is 0 Å². The third kappa shape index (κ3) is 4.53. The van der Waals surface area contributed by atoms with Gasteiger partial charge in [0.05, 0.1) is 0 Å². The lowest BCUT2D eigenvalue weighted by molar-refractivity contribution is -0.124. The minimum atomic E-state index is -0.306. The summed E-state index contributed by atoms with van der Waals surface area (Å²) in [6.45, 7) is 7.30. The first-order valence-electron chi connectivity index (χ1n) is 5.68. The predicted molar refractivity (Wildman–Crippen MR) is 67.8 cm³/mol. The molecule has 0 unspecified atom stereocenters. The second kappa shape index (κ2) is 5.62. The first kappa shape index (κ1) is 14.2. The van der Waals surface area contributed by atoms with E-state index in [9.17, 15) is 9.59 Å². The van der Waals surface area contributed by atoms with Gasteiger partial charge in [0.15, 0.2) is 12.9 Å². The molecule has 18 heavy (non-hydrogen) atoms. The van der Waals surface area contributed by atoms with E-state index in [1.165, 1.54) is 0 Å². The Balaban J connectivity index is 2.64. The van der Waals surface area contributed by atoms with E-state index < -0.39 is 0 Å². The number of hydrogen-bond donors (Lipinski definition) is 1. The van der Waals surface area contributed by atoms with E-state index in [4.69, 9.17) is 4.74 Å². The predicted octanol–water partition coefficient (Wildman–Crippen LogP) is 1.50. The molecule has 1 aromatic rings. The summed E-state index contributed by atoms with van der Waals surface area (Å²) in [5, 5.41) is 2.77. The molecule has 5 nitrogen and oxygen atoms in total. The van der Waals surface area contributed by atoms with Crippen LogP contribution in [0.3, 0.4) is 0 Å². The molecule has 0 aliphatic carbocycles. The van der Waals surface area contributed by atoms with Crippen molar-refractivity contribution < 1.29 is 14.3 Å². The lowest BCUT2D eigenvalue weighted by Gasteiger charge is -2.20. The largest absolute Gasteiger partial charge is 0.481 e. The van der Waals surface area contributed by atoms with Crippen LogP contribution in [-0.2, 0) is 4.79 Å². The van der Waals surface area contributed by atoms with Crippen LogP contribution in [0, 0.1) is 6.92 Å². The van der Waals surface area contributed by atoms with Crippen LogP contribution in [0.5, 0.6) is 5.75 Å². The number of nitrogens with one attached hydrogen (secondary N) is 1. The minimum absolute atomic E-state index is 0.136. The Labute approximate surface area is 107 Å². The summed E-state index contributed by atoms with van der Waals surface area (Å²) in [6.07, 6.45) is 0.615. The molecule has 1 rings (SSSR count). The smallest absolute Gasteiger partial charge is 0.258 e. The van der Waals surface area contributed by atoms with Crippen molar-refractivity contribution in [3.05, 3.63) is 23.5 Å². The maximum atomic E-state index is 11.6. The Hall–Kier alpha value is -1.91. The molecule has 0 bridgehead atoms. The average Bonchev–Trinajstić information content (AvgIpc) is 2.24. The Bertz CT molecular complexity index is 450. The normalized spacial score (nSPS) is 10.9. The lowest BCUT2D eigenvalue weighted by atomic mass is 10.1. The molecule has 0 aromatic carbocycles. The first-order chi connectivity index (χ1) is 8.31. The molecule has 0 spiro atoms. The van der Waals surface area contributed by atoms with E-state index >= 15 is 0 Å². The topological polar surface area (TPSA) is 68.3 Å². The number of ether oxygens (including phenoxy) is 1.